The van der Waals surface area contributed by atoms with Crippen LogP contribution < -0.4 is 0 Å². The number of rotatable bonds is 6. The summed E-state index contributed by atoms with van der Waals surface area (Å²) in [6.07, 6.45) is 3.76. The van der Waals surface area contributed by atoms with Crippen molar-refractivity contribution < 1.29 is 19.4 Å². The molecule has 0 bridgehead atoms. The van der Waals surface area contributed by atoms with E-state index in [1.54, 1.807) is 0 Å². The summed E-state index contributed by atoms with van der Waals surface area (Å²) in [6.45, 7) is 2.88. The molecular formula is C20H27NO4. The second-order valence-corrected chi connectivity index (χ2v) is 7.31. The molecule has 1 saturated carbocycles. The number of carbonyl (C=O) groups is 2. The zero-order valence-electron chi connectivity index (χ0n) is 14.6. The molecule has 2 aliphatic rings. The molecule has 1 aliphatic heterocycles. The number of hydrogen-bond donors (Lipinski definition) is 1. The number of carbonyl (C=O) groups excluding carboxylic acids is 1. The van der Waals surface area contributed by atoms with Gasteiger partial charge in [-0.2, -0.15) is 0 Å². The molecule has 5 nitrogen and oxygen atoms in total. The van der Waals surface area contributed by atoms with E-state index in [-0.39, 0.29) is 17.7 Å². The Morgan fingerprint density at radius 1 is 1.04 bits per heavy atom. The molecule has 136 valence electrons. The van der Waals surface area contributed by atoms with Crippen LogP contribution >= 0.6 is 0 Å². The Labute approximate surface area is 149 Å². The van der Waals surface area contributed by atoms with Crippen LogP contribution in [0, 0.1) is 17.8 Å². The van der Waals surface area contributed by atoms with E-state index in [0.717, 1.165) is 38.2 Å². The van der Waals surface area contributed by atoms with Crippen LogP contribution in [-0.4, -0.2) is 41.6 Å². The molecule has 3 rings (SSSR count). The van der Waals surface area contributed by atoms with E-state index in [9.17, 15) is 14.7 Å². The predicted octanol–water partition coefficient (Wildman–Crippen LogP) is 2.94. The normalized spacial score (nSPS) is 24.2. The maximum Gasteiger partial charge on any atom is 0.306 e. The largest absolute Gasteiger partial charge is 0.481 e. The van der Waals surface area contributed by atoms with Crippen molar-refractivity contribution in [2.75, 3.05) is 19.8 Å². The van der Waals surface area contributed by atoms with Crippen molar-refractivity contribution in [1.29, 1.82) is 0 Å². The number of aliphatic carboxylic acids is 1. The van der Waals surface area contributed by atoms with Crippen LogP contribution in [0.1, 0.15) is 37.7 Å². The van der Waals surface area contributed by atoms with E-state index < -0.39 is 5.97 Å². The first-order valence-electron chi connectivity index (χ1n) is 9.26. The number of amides is 1. The average Bonchev–Trinajstić information content (AvgIpc) is 3.13. The standard InChI is InChI=1S/C20H27NO4/c22-19(17-6-7-18(12-17)20(23)24)21(13-15-4-2-1-3-5-15)14-16-8-10-25-11-9-16/h1-5,16-18H,6-14H2,(H,23,24)/t17-,18+/m0/s1. The molecule has 1 aromatic carbocycles. The van der Waals surface area contributed by atoms with Gasteiger partial charge >= 0.3 is 5.97 Å². The van der Waals surface area contributed by atoms with Crippen molar-refractivity contribution in [2.24, 2.45) is 17.8 Å². The van der Waals surface area contributed by atoms with Crippen LogP contribution in [0.4, 0.5) is 0 Å². The minimum atomic E-state index is -0.769. The van der Waals surface area contributed by atoms with Gasteiger partial charge in [0.1, 0.15) is 0 Å². The third-order valence-electron chi connectivity index (χ3n) is 5.48. The first-order valence-corrected chi connectivity index (χ1v) is 9.26. The quantitative estimate of drug-likeness (QED) is 0.861. The molecule has 0 unspecified atom stereocenters. The van der Waals surface area contributed by atoms with Gasteiger partial charge in [0, 0.05) is 32.2 Å². The maximum atomic E-state index is 13.1. The van der Waals surface area contributed by atoms with Gasteiger partial charge in [0.25, 0.3) is 0 Å². The SMILES string of the molecule is O=C(O)[C@@H]1CC[C@H](C(=O)N(Cc2ccccc2)CC2CCOCC2)C1. The topological polar surface area (TPSA) is 66.8 Å². The van der Waals surface area contributed by atoms with Crippen molar-refractivity contribution in [3.05, 3.63) is 35.9 Å². The maximum absolute atomic E-state index is 13.1. The summed E-state index contributed by atoms with van der Waals surface area (Å²) in [6, 6.07) is 10.0. The van der Waals surface area contributed by atoms with Gasteiger partial charge in [-0.25, -0.2) is 0 Å². The number of benzene rings is 1. The summed E-state index contributed by atoms with van der Waals surface area (Å²) in [5, 5.41) is 9.21. The summed E-state index contributed by atoms with van der Waals surface area (Å²) in [5.41, 5.74) is 1.12. The van der Waals surface area contributed by atoms with Crippen molar-refractivity contribution >= 4 is 11.9 Å². The summed E-state index contributed by atoms with van der Waals surface area (Å²) in [4.78, 5) is 26.3. The van der Waals surface area contributed by atoms with E-state index in [0.29, 0.717) is 31.7 Å². The third-order valence-corrected chi connectivity index (χ3v) is 5.48. The fourth-order valence-corrected chi connectivity index (χ4v) is 3.97. The van der Waals surface area contributed by atoms with Crippen molar-refractivity contribution in [2.45, 2.75) is 38.6 Å². The second-order valence-electron chi connectivity index (χ2n) is 7.31. The lowest BCUT2D eigenvalue weighted by molar-refractivity contribution is -0.142. The molecule has 0 aromatic heterocycles. The monoisotopic (exact) mass is 345 g/mol. The van der Waals surface area contributed by atoms with Crippen LogP contribution in [0.15, 0.2) is 30.3 Å². The Morgan fingerprint density at radius 3 is 2.36 bits per heavy atom. The highest BCUT2D eigenvalue weighted by Crippen LogP contribution is 2.33. The average molecular weight is 345 g/mol. The molecule has 1 N–H and O–H groups in total. The molecule has 0 radical (unpaired) electrons. The summed E-state index contributed by atoms with van der Waals surface area (Å²) in [5.74, 6) is -0.688. The molecule has 25 heavy (non-hydrogen) atoms. The minimum absolute atomic E-state index is 0.124. The van der Waals surface area contributed by atoms with E-state index in [1.807, 2.05) is 35.2 Å². The molecule has 1 saturated heterocycles. The zero-order valence-corrected chi connectivity index (χ0v) is 14.6. The van der Waals surface area contributed by atoms with Gasteiger partial charge in [-0.3, -0.25) is 9.59 Å². The molecule has 1 aromatic rings. The fraction of sp³-hybridized carbons (Fsp3) is 0.600. The van der Waals surface area contributed by atoms with Gasteiger partial charge < -0.3 is 14.7 Å². The summed E-state index contributed by atoms with van der Waals surface area (Å²) in [7, 11) is 0. The zero-order chi connectivity index (χ0) is 17.6. The fourth-order valence-electron chi connectivity index (χ4n) is 3.97. The number of nitrogens with zero attached hydrogens (tertiary/aromatic N) is 1. The van der Waals surface area contributed by atoms with E-state index in [1.165, 1.54) is 0 Å². The molecule has 1 amide bonds. The lowest BCUT2D eigenvalue weighted by Crippen LogP contribution is -2.39. The Bertz CT molecular complexity index is 583. The van der Waals surface area contributed by atoms with Crippen molar-refractivity contribution in [3.63, 3.8) is 0 Å². The van der Waals surface area contributed by atoms with E-state index in [4.69, 9.17) is 4.74 Å². The molecule has 1 aliphatic carbocycles. The highest BCUT2D eigenvalue weighted by atomic mass is 16.5. The molecule has 5 heteroatoms. The van der Waals surface area contributed by atoms with E-state index >= 15 is 0 Å². The Balaban J connectivity index is 1.68. The summed E-state index contributed by atoms with van der Waals surface area (Å²) < 4.78 is 5.43. The molecule has 1 heterocycles. The van der Waals surface area contributed by atoms with Gasteiger partial charge in [-0.15, -0.1) is 0 Å². The number of hydrogen-bond acceptors (Lipinski definition) is 3. The van der Waals surface area contributed by atoms with Gasteiger partial charge in [-0.05, 0) is 43.6 Å². The molecular weight excluding hydrogens is 318 g/mol. The number of carboxylic acid groups (broad SMARTS) is 1. The van der Waals surface area contributed by atoms with Crippen LogP contribution in [0.3, 0.4) is 0 Å². The second kappa shape index (κ2) is 8.48. The van der Waals surface area contributed by atoms with Crippen LogP contribution in [0.5, 0.6) is 0 Å². The highest BCUT2D eigenvalue weighted by molar-refractivity contribution is 5.81. The van der Waals surface area contributed by atoms with Crippen LogP contribution in [-0.2, 0) is 20.9 Å². The molecule has 2 fully saturated rings. The molecule has 2 atom stereocenters. The first kappa shape index (κ1) is 17.9. The lowest BCUT2D eigenvalue weighted by atomic mass is 9.97. The summed E-state index contributed by atoms with van der Waals surface area (Å²) >= 11 is 0. The highest BCUT2D eigenvalue weighted by Gasteiger charge is 2.36. The first-order chi connectivity index (χ1) is 12.1. The van der Waals surface area contributed by atoms with Crippen LogP contribution in [0.2, 0.25) is 0 Å². The minimum Gasteiger partial charge on any atom is -0.481 e. The number of ether oxygens (including phenoxy) is 1. The van der Waals surface area contributed by atoms with E-state index in [2.05, 4.69) is 0 Å². The van der Waals surface area contributed by atoms with Crippen LogP contribution in [0.25, 0.3) is 0 Å². The molecule has 0 spiro atoms. The van der Waals surface area contributed by atoms with Gasteiger partial charge in [-0.1, -0.05) is 30.3 Å². The van der Waals surface area contributed by atoms with Gasteiger partial charge in [0.2, 0.25) is 5.91 Å². The number of carboxylic acids is 1. The van der Waals surface area contributed by atoms with Gasteiger partial charge in [0.15, 0.2) is 0 Å². The van der Waals surface area contributed by atoms with Gasteiger partial charge in [0.05, 0.1) is 5.92 Å². The lowest BCUT2D eigenvalue weighted by Gasteiger charge is -2.31. The third kappa shape index (κ3) is 4.82. The van der Waals surface area contributed by atoms with Crippen molar-refractivity contribution in [1.82, 2.24) is 4.90 Å². The van der Waals surface area contributed by atoms with Crippen molar-refractivity contribution in [3.8, 4) is 0 Å². The Kier molecular flexibility index (Phi) is 6.08. The Hall–Kier alpha value is -1.88. The Morgan fingerprint density at radius 2 is 1.72 bits per heavy atom. The predicted molar refractivity (Wildman–Crippen MR) is 93.9 cm³/mol. The smallest absolute Gasteiger partial charge is 0.306 e.